The summed E-state index contributed by atoms with van der Waals surface area (Å²) >= 11 is 0. The van der Waals surface area contributed by atoms with Gasteiger partial charge in [0.25, 0.3) is 0 Å². The summed E-state index contributed by atoms with van der Waals surface area (Å²) in [6, 6.07) is 9.92. The molecular formula is C36H60. The summed E-state index contributed by atoms with van der Waals surface area (Å²) in [7, 11) is 0. The van der Waals surface area contributed by atoms with Crippen LogP contribution in [0.25, 0.3) is 0 Å². The molecule has 0 atom stereocenters. The molecule has 3 fully saturated rings. The number of benzene rings is 1. The summed E-state index contributed by atoms with van der Waals surface area (Å²) in [5.74, 6) is 6.06. The number of hydrogen-bond acceptors (Lipinski definition) is 0. The smallest absolute Gasteiger partial charge is 0.0162 e. The van der Waals surface area contributed by atoms with Crippen LogP contribution in [0.3, 0.4) is 0 Å². The van der Waals surface area contributed by atoms with Gasteiger partial charge in [-0.05, 0) is 111 Å². The van der Waals surface area contributed by atoms with Crippen LogP contribution in [0.4, 0.5) is 0 Å². The zero-order chi connectivity index (χ0) is 25.0. The Morgan fingerprint density at radius 1 is 0.500 bits per heavy atom. The van der Waals surface area contributed by atoms with Gasteiger partial charge in [0.1, 0.15) is 0 Å². The van der Waals surface area contributed by atoms with E-state index in [0.29, 0.717) is 0 Å². The minimum atomic E-state index is 0.836. The maximum atomic E-state index is 2.48. The molecule has 0 radical (unpaired) electrons. The molecule has 3 saturated carbocycles. The fourth-order valence-corrected chi connectivity index (χ4v) is 8.45. The third kappa shape index (κ3) is 8.91. The predicted molar refractivity (Wildman–Crippen MR) is 159 cm³/mol. The average molecular weight is 493 g/mol. The largest absolute Gasteiger partial charge is 0.0654 e. The van der Waals surface area contributed by atoms with Gasteiger partial charge < -0.3 is 0 Å². The summed E-state index contributed by atoms with van der Waals surface area (Å²) in [5.41, 5.74) is 3.22. The molecule has 36 heavy (non-hydrogen) atoms. The van der Waals surface area contributed by atoms with E-state index < -0.39 is 0 Å². The monoisotopic (exact) mass is 492 g/mol. The van der Waals surface area contributed by atoms with Crippen LogP contribution in [0, 0.1) is 29.6 Å². The van der Waals surface area contributed by atoms with E-state index in [9.17, 15) is 0 Å². The fourth-order valence-electron chi connectivity index (χ4n) is 8.45. The molecule has 0 nitrogen and oxygen atoms in total. The minimum Gasteiger partial charge on any atom is -0.0654 e. The maximum absolute atomic E-state index is 2.48. The molecule has 0 heteroatoms. The van der Waals surface area contributed by atoms with Crippen LogP contribution >= 0.6 is 0 Å². The summed E-state index contributed by atoms with van der Waals surface area (Å²) in [5, 5.41) is 0. The van der Waals surface area contributed by atoms with Gasteiger partial charge in [-0.3, -0.25) is 0 Å². The highest BCUT2D eigenvalue weighted by Gasteiger charge is 2.30. The number of aryl methyl sites for hydroxylation is 1. The van der Waals surface area contributed by atoms with Gasteiger partial charge in [0.15, 0.2) is 0 Å². The van der Waals surface area contributed by atoms with E-state index in [-0.39, 0.29) is 0 Å². The first kappa shape index (κ1) is 28.2. The van der Waals surface area contributed by atoms with Gasteiger partial charge in [-0.2, -0.15) is 0 Å². The Bertz CT molecular complexity index is 677. The van der Waals surface area contributed by atoms with Crippen molar-refractivity contribution >= 4 is 0 Å². The molecule has 0 aliphatic heterocycles. The van der Waals surface area contributed by atoms with Crippen LogP contribution in [0.5, 0.6) is 0 Å². The van der Waals surface area contributed by atoms with E-state index in [2.05, 4.69) is 38.1 Å². The van der Waals surface area contributed by atoms with Gasteiger partial charge in [0.2, 0.25) is 0 Å². The molecular weight excluding hydrogens is 432 g/mol. The van der Waals surface area contributed by atoms with Crippen molar-refractivity contribution in [3.05, 3.63) is 35.4 Å². The third-order valence-electron chi connectivity index (χ3n) is 11.0. The Morgan fingerprint density at radius 3 is 1.61 bits per heavy atom. The Hall–Kier alpha value is -0.780. The standard InChI is InChI=1S/C36H60/c1-3-5-6-7-8-10-30-15-23-34(24-16-30)36-27-19-32(20-28-36)12-11-31-17-25-35(26-18-31)33-21-13-29(9-4-2)14-22-33/h17-18,25-26,29-30,32-34,36H,3-16,19-24,27-28H2,1-2H3/t29-,30-,32-,33-,34-,36-. The molecule has 4 rings (SSSR count). The first-order valence-electron chi connectivity index (χ1n) is 16.8. The average Bonchev–Trinajstić information content (AvgIpc) is 2.93. The van der Waals surface area contributed by atoms with Gasteiger partial charge in [-0.25, -0.2) is 0 Å². The van der Waals surface area contributed by atoms with Crippen molar-refractivity contribution < 1.29 is 0 Å². The molecule has 0 heterocycles. The first-order chi connectivity index (χ1) is 17.7. The van der Waals surface area contributed by atoms with Crippen molar-refractivity contribution in [1.82, 2.24) is 0 Å². The number of rotatable bonds is 13. The minimum absolute atomic E-state index is 0.836. The molecule has 3 aliphatic carbocycles. The predicted octanol–water partition coefficient (Wildman–Crippen LogP) is 11.7. The van der Waals surface area contributed by atoms with E-state index >= 15 is 0 Å². The van der Waals surface area contributed by atoms with E-state index in [4.69, 9.17) is 0 Å². The summed E-state index contributed by atoms with van der Waals surface area (Å²) in [6.07, 6.45) is 32.5. The van der Waals surface area contributed by atoms with Gasteiger partial charge in [-0.15, -0.1) is 0 Å². The van der Waals surface area contributed by atoms with Crippen LogP contribution < -0.4 is 0 Å². The topological polar surface area (TPSA) is 0 Å². The third-order valence-corrected chi connectivity index (χ3v) is 11.0. The second kappa shape index (κ2) is 15.6. The number of unbranched alkanes of at least 4 members (excludes halogenated alkanes) is 4. The van der Waals surface area contributed by atoms with Gasteiger partial charge in [0.05, 0.1) is 0 Å². The van der Waals surface area contributed by atoms with E-state index in [0.717, 1.165) is 35.5 Å². The summed E-state index contributed by atoms with van der Waals surface area (Å²) in [4.78, 5) is 0. The van der Waals surface area contributed by atoms with E-state index in [1.807, 2.05) is 0 Å². The van der Waals surface area contributed by atoms with Crippen molar-refractivity contribution in [3.63, 3.8) is 0 Å². The lowest BCUT2D eigenvalue weighted by atomic mass is 9.68. The zero-order valence-corrected chi connectivity index (χ0v) is 24.3. The molecule has 1 aromatic rings. The van der Waals surface area contributed by atoms with Gasteiger partial charge >= 0.3 is 0 Å². The van der Waals surface area contributed by atoms with Gasteiger partial charge in [-0.1, -0.05) is 115 Å². The van der Waals surface area contributed by atoms with Crippen molar-refractivity contribution in [2.75, 3.05) is 0 Å². The van der Waals surface area contributed by atoms with Crippen molar-refractivity contribution in [2.45, 2.75) is 161 Å². The summed E-state index contributed by atoms with van der Waals surface area (Å²) < 4.78 is 0. The first-order valence-corrected chi connectivity index (χ1v) is 16.8. The van der Waals surface area contributed by atoms with Crippen LogP contribution in [0.15, 0.2) is 24.3 Å². The molecule has 3 aliphatic rings. The molecule has 0 spiro atoms. The molecule has 0 bridgehead atoms. The maximum Gasteiger partial charge on any atom is -0.0162 e. The highest BCUT2D eigenvalue weighted by atomic mass is 14.4. The van der Waals surface area contributed by atoms with Crippen LogP contribution in [0.2, 0.25) is 0 Å². The molecule has 204 valence electrons. The molecule has 0 saturated heterocycles. The Labute approximate surface area is 225 Å². The SMILES string of the molecule is CCCCCCC[C@H]1CC[C@H]([C@H]2CC[C@H](CCc3ccc([C@H]4CC[C@H](CCC)CC4)cc3)CC2)CC1. The lowest BCUT2D eigenvalue weighted by molar-refractivity contribution is 0.140. The Balaban J connectivity index is 1.08. The Morgan fingerprint density at radius 2 is 1.03 bits per heavy atom. The van der Waals surface area contributed by atoms with Crippen molar-refractivity contribution in [3.8, 4) is 0 Å². The lowest BCUT2D eigenvalue weighted by Gasteiger charge is -2.38. The molecule has 0 amide bonds. The molecule has 0 unspecified atom stereocenters. The van der Waals surface area contributed by atoms with E-state index in [1.54, 1.807) is 36.8 Å². The molecule has 1 aromatic carbocycles. The lowest BCUT2D eigenvalue weighted by Crippen LogP contribution is -2.26. The van der Waals surface area contributed by atoms with Crippen molar-refractivity contribution in [1.29, 1.82) is 0 Å². The van der Waals surface area contributed by atoms with Crippen molar-refractivity contribution in [2.24, 2.45) is 29.6 Å². The van der Waals surface area contributed by atoms with Crippen LogP contribution in [-0.2, 0) is 6.42 Å². The van der Waals surface area contributed by atoms with E-state index in [1.165, 1.54) is 116 Å². The number of hydrogen-bond donors (Lipinski definition) is 0. The quantitative estimate of drug-likeness (QED) is 0.240. The van der Waals surface area contributed by atoms with Crippen LogP contribution in [-0.4, -0.2) is 0 Å². The molecule has 0 aromatic heterocycles. The normalized spacial score (nSPS) is 31.4. The second-order valence-corrected chi connectivity index (χ2v) is 13.6. The highest BCUT2D eigenvalue weighted by molar-refractivity contribution is 5.26. The molecule has 0 N–H and O–H groups in total. The second-order valence-electron chi connectivity index (χ2n) is 13.6. The highest BCUT2D eigenvalue weighted by Crippen LogP contribution is 2.43. The zero-order valence-electron chi connectivity index (χ0n) is 24.3. The Kier molecular flexibility index (Phi) is 12.2. The van der Waals surface area contributed by atoms with Gasteiger partial charge in [0, 0.05) is 0 Å². The summed E-state index contributed by atoms with van der Waals surface area (Å²) in [6.45, 7) is 4.67. The van der Waals surface area contributed by atoms with Crippen LogP contribution in [0.1, 0.15) is 166 Å². The fraction of sp³-hybridized carbons (Fsp3) is 0.833.